The van der Waals surface area contributed by atoms with Gasteiger partial charge in [0, 0.05) is 23.5 Å². The second kappa shape index (κ2) is 5.48. The van der Waals surface area contributed by atoms with E-state index in [9.17, 15) is 0 Å². The predicted molar refractivity (Wildman–Crippen MR) is 77.3 cm³/mol. The molecule has 20 heavy (non-hydrogen) atoms. The molecule has 2 aromatic heterocycles. The van der Waals surface area contributed by atoms with Crippen LogP contribution in [-0.2, 0) is 0 Å². The maximum atomic E-state index is 5.37. The van der Waals surface area contributed by atoms with Crippen LogP contribution in [0, 0.1) is 0 Å². The van der Waals surface area contributed by atoms with Gasteiger partial charge in [-0.2, -0.15) is 0 Å². The van der Waals surface area contributed by atoms with Crippen LogP contribution in [0.5, 0.6) is 5.75 Å². The molecule has 0 aliphatic heterocycles. The summed E-state index contributed by atoms with van der Waals surface area (Å²) in [6.07, 6.45) is 5.07. The van der Waals surface area contributed by atoms with Gasteiger partial charge in [0.1, 0.15) is 12.1 Å². The molecule has 0 fully saturated rings. The molecule has 0 bridgehead atoms. The van der Waals surface area contributed by atoms with Gasteiger partial charge in [0.15, 0.2) is 0 Å². The van der Waals surface area contributed by atoms with Crippen LogP contribution in [0.15, 0.2) is 61.2 Å². The number of para-hydroxylation sites is 1. The van der Waals surface area contributed by atoms with E-state index in [0.717, 1.165) is 28.3 Å². The minimum atomic E-state index is 0.798. The quantitative estimate of drug-likeness (QED) is 0.728. The van der Waals surface area contributed by atoms with Crippen LogP contribution < -0.4 is 4.74 Å². The molecular weight excluding hydrogens is 250 g/mol. The highest BCUT2D eigenvalue weighted by Gasteiger charge is 2.08. The van der Waals surface area contributed by atoms with Gasteiger partial charge in [-0.1, -0.05) is 12.1 Å². The lowest BCUT2D eigenvalue weighted by Crippen LogP contribution is -1.92. The average Bonchev–Trinajstić information content (AvgIpc) is 2.56. The van der Waals surface area contributed by atoms with Gasteiger partial charge in [-0.3, -0.25) is 4.98 Å². The summed E-state index contributed by atoms with van der Waals surface area (Å²) in [6.45, 7) is 0. The highest BCUT2D eigenvalue weighted by atomic mass is 16.5. The first-order chi connectivity index (χ1) is 9.88. The molecule has 98 valence electrons. The SMILES string of the molecule is COc1ccccc1-c1cc(-c2ccncc2)ncn1. The van der Waals surface area contributed by atoms with Crippen molar-refractivity contribution in [3.63, 3.8) is 0 Å². The number of benzene rings is 1. The molecule has 0 N–H and O–H groups in total. The number of ether oxygens (including phenoxy) is 1. The third kappa shape index (κ3) is 2.36. The number of pyridine rings is 1. The molecular formula is C16H13N3O. The minimum absolute atomic E-state index is 0.798. The van der Waals surface area contributed by atoms with Crippen LogP contribution in [0.2, 0.25) is 0 Å². The highest BCUT2D eigenvalue weighted by molar-refractivity contribution is 5.71. The fourth-order valence-corrected chi connectivity index (χ4v) is 2.04. The molecule has 0 radical (unpaired) electrons. The molecule has 0 atom stereocenters. The second-order valence-electron chi connectivity index (χ2n) is 4.22. The Balaban J connectivity index is 2.08. The maximum Gasteiger partial charge on any atom is 0.128 e. The van der Waals surface area contributed by atoms with Crippen LogP contribution in [-0.4, -0.2) is 22.1 Å². The summed E-state index contributed by atoms with van der Waals surface area (Å²) in [5, 5.41) is 0. The molecule has 4 nitrogen and oxygen atoms in total. The van der Waals surface area contributed by atoms with Gasteiger partial charge in [-0.05, 0) is 30.3 Å². The third-order valence-corrected chi connectivity index (χ3v) is 3.03. The van der Waals surface area contributed by atoms with E-state index in [1.54, 1.807) is 25.8 Å². The van der Waals surface area contributed by atoms with E-state index < -0.39 is 0 Å². The van der Waals surface area contributed by atoms with E-state index in [4.69, 9.17) is 4.74 Å². The lowest BCUT2D eigenvalue weighted by Gasteiger charge is -2.08. The van der Waals surface area contributed by atoms with Crippen LogP contribution in [0.25, 0.3) is 22.5 Å². The number of methoxy groups -OCH3 is 1. The second-order valence-corrected chi connectivity index (χ2v) is 4.22. The Labute approximate surface area is 117 Å². The van der Waals surface area contributed by atoms with E-state index in [-0.39, 0.29) is 0 Å². The van der Waals surface area contributed by atoms with Crippen molar-refractivity contribution in [2.24, 2.45) is 0 Å². The highest BCUT2D eigenvalue weighted by Crippen LogP contribution is 2.29. The Hall–Kier alpha value is -2.75. The van der Waals surface area contributed by atoms with Gasteiger partial charge in [-0.15, -0.1) is 0 Å². The molecule has 0 aliphatic carbocycles. The van der Waals surface area contributed by atoms with Gasteiger partial charge in [-0.25, -0.2) is 9.97 Å². The number of hydrogen-bond donors (Lipinski definition) is 0. The van der Waals surface area contributed by atoms with Gasteiger partial charge >= 0.3 is 0 Å². The van der Waals surface area contributed by atoms with Crippen molar-refractivity contribution >= 4 is 0 Å². The standard InChI is InChI=1S/C16H13N3O/c1-20-16-5-3-2-4-13(16)15-10-14(18-11-19-15)12-6-8-17-9-7-12/h2-11H,1H3. The van der Waals surface area contributed by atoms with E-state index in [1.165, 1.54) is 0 Å². The third-order valence-electron chi connectivity index (χ3n) is 3.03. The predicted octanol–water partition coefficient (Wildman–Crippen LogP) is 3.21. The topological polar surface area (TPSA) is 47.9 Å². The molecule has 0 saturated heterocycles. The molecule has 3 rings (SSSR count). The van der Waals surface area contributed by atoms with Crippen LogP contribution in [0.3, 0.4) is 0 Å². The zero-order chi connectivity index (χ0) is 13.8. The van der Waals surface area contributed by atoms with Crippen molar-refractivity contribution in [2.45, 2.75) is 0 Å². The van der Waals surface area contributed by atoms with Crippen molar-refractivity contribution in [2.75, 3.05) is 7.11 Å². The Bertz CT molecular complexity index is 714. The minimum Gasteiger partial charge on any atom is -0.496 e. The van der Waals surface area contributed by atoms with Crippen molar-refractivity contribution in [3.05, 3.63) is 61.2 Å². The molecule has 2 heterocycles. The first kappa shape index (κ1) is 12.3. The summed E-state index contributed by atoms with van der Waals surface area (Å²) in [5.74, 6) is 0.798. The summed E-state index contributed by atoms with van der Waals surface area (Å²) in [7, 11) is 1.66. The number of rotatable bonds is 3. The Morgan fingerprint density at radius 3 is 2.45 bits per heavy atom. The number of aromatic nitrogens is 3. The first-order valence-corrected chi connectivity index (χ1v) is 6.24. The first-order valence-electron chi connectivity index (χ1n) is 6.24. The van der Waals surface area contributed by atoms with Crippen molar-refractivity contribution < 1.29 is 4.74 Å². The summed E-state index contributed by atoms with van der Waals surface area (Å²) in [6, 6.07) is 13.6. The largest absolute Gasteiger partial charge is 0.496 e. The lowest BCUT2D eigenvalue weighted by atomic mass is 10.1. The monoisotopic (exact) mass is 263 g/mol. The van der Waals surface area contributed by atoms with E-state index in [1.807, 2.05) is 42.5 Å². The lowest BCUT2D eigenvalue weighted by molar-refractivity contribution is 0.416. The Kier molecular flexibility index (Phi) is 3.37. The van der Waals surface area contributed by atoms with E-state index in [0.29, 0.717) is 0 Å². The molecule has 4 heteroatoms. The number of hydrogen-bond acceptors (Lipinski definition) is 4. The zero-order valence-corrected chi connectivity index (χ0v) is 11.0. The molecule has 0 spiro atoms. The van der Waals surface area contributed by atoms with Crippen LogP contribution in [0.4, 0.5) is 0 Å². The molecule has 0 aliphatic rings. The summed E-state index contributed by atoms with van der Waals surface area (Å²) >= 11 is 0. The van der Waals surface area contributed by atoms with Crippen LogP contribution in [0.1, 0.15) is 0 Å². The fraction of sp³-hybridized carbons (Fsp3) is 0.0625. The normalized spacial score (nSPS) is 10.2. The Morgan fingerprint density at radius 2 is 1.65 bits per heavy atom. The molecule has 1 aromatic carbocycles. The summed E-state index contributed by atoms with van der Waals surface area (Å²) in [4.78, 5) is 12.7. The number of nitrogens with zero attached hydrogens (tertiary/aromatic N) is 3. The van der Waals surface area contributed by atoms with Gasteiger partial charge in [0.05, 0.1) is 18.5 Å². The smallest absolute Gasteiger partial charge is 0.128 e. The Morgan fingerprint density at radius 1 is 0.900 bits per heavy atom. The van der Waals surface area contributed by atoms with Crippen molar-refractivity contribution in [1.29, 1.82) is 0 Å². The molecule has 3 aromatic rings. The summed E-state index contributed by atoms with van der Waals surface area (Å²) in [5.41, 5.74) is 3.67. The fourth-order valence-electron chi connectivity index (χ4n) is 2.04. The van der Waals surface area contributed by atoms with E-state index in [2.05, 4.69) is 15.0 Å². The maximum absolute atomic E-state index is 5.37. The summed E-state index contributed by atoms with van der Waals surface area (Å²) < 4.78 is 5.37. The average molecular weight is 263 g/mol. The van der Waals surface area contributed by atoms with Gasteiger partial charge < -0.3 is 4.74 Å². The van der Waals surface area contributed by atoms with Crippen molar-refractivity contribution in [3.8, 4) is 28.3 Å². The van der Waals surface area contributed by atoms with Crippen LogP contribution >= 0.6 is 0 Å². The van der Waals surface area contributed by atoms with Crippen molar-refractivity contribution in [1.82, 2.24) is 15.0 Å². The van der Waals surface area contributed by atoms with E-state index >= 15 is 0 Å². The molecule has 0 amide bonds. The zero-order valence-electron chi connectivity index (χ0n) is 11.0. The van der Waals surface area contributed by atoms with Gasteiger partial charge in [0.2, 0.25) is 0 Å². The van der Waals surface area contributed by atoms with Gasteiger partial charge in [0.25, 0.3) is 0 Å². The molecule has 0 saturated carbocycles. The molecule has 0 unspecified atom stereocenters.